The molecular weight excluding hydrogens is 227 g/mol. The molecule has 0 amide bonds. The summed E-state index contributed by atoms with van der Waals surface area (Å²) in [4.78, 5) is 0. The van der Waals surface area contributed by atoms with E-state index in [1.54, 1.807) is 6.07 Å². The first-order valence-electron chi connectivity index (χ1n) is 6.54. The molecule has 0 heterocycles. The van der Waals surface area contributed by atoms with Gasteiger partial charge >= 0.3 is 0 Å². The van der Waals surface area contributed by atoms with Crippen LogP contribution in [-0.2, 0) is 6.54 Å². The van der Waals surface area contributed by atoms with Gasteiger partial charge in [0.05, 0.1) is 11.6 Å². The Hall–Kier alpha value is -1.40. The van der Waals surface area contributed by atoms with Crippen molar-refractivity contribution in [2.75, 3.05) is 0 Å². The van der Waals surface area contributed by atoms with Gasteiger partial charge in [0.25, 0.3) is 0 Å². The number of nitriles is 1. The standard InChI is InChI=1S/C15H21FN2/c1-4-13(5-2)11(3)18-10-14-8-12(9-17)6-7-15(14)16/h6-8,11,13,18H,4-5,10H2,1-3H3. The summed E-state index contributed by atoms with van der Waals surface area (Å²) in [6.07, 6.45) is 2.23. The van der Waals surface area contributed by atoms with Crippen molar-refractivity contribution in [1.29, 1.82) is 5.26 Å². The van der Waals surface area contributed by atoms with Gasteiger partial charge in [0, 0.05) is 18.2 Å². The zero-order valence-electron chi connectivity index (χ0n) is 11.3. The van der Waals surface area contributed by atoms with Gasteiger partial charge in [-0.2, -0.15) is 5.26 Å². The molecule has 1 aromatic rings. The van der Waals surface area contributed by atoms with E-state index in [2.05, 4.69) is 26.1 Å². The second kappa shape index (κ2) is 7.13. The van der Waals surface area contributed by atoms with Gasteiger partial charge in [-0.05, 0) is 31.0 Å². The normalized spacial score (nSPS) is 12.4. The maximum absolute atomic E-state index is 13.6. The predicted molar refractivity (Wildman–Crippen MR) is 71.5 cm³/mol. The van der Waals surface area contributed by atoms with Crippen molar-refractivity contribution in [2.24, 2.45) is 5.92 Å². The van der Waals surface area contributed by atoms with Crippen LogP contribution < -0.4 is 5.32 Å². The topological polar surface area (TPSA) is 35.8 Å². The second-order valence-corrected chi connectivity index (χ2v) is 4.66. The largest absolute Gasteiger partial charge is 0.310 e. The molecular formula is C15H21FN2. The van der Waals surface area contributed by atoms with E-state index in [0.717, 1.165) is 12.8 Å². The molecule has 0 fully saturated rings. The van der Waals surface area contributed by atoms with Crippen LogP contribution in [0.2, 0.25) is 0 Å². The number of halogens is 1. The van der Waals surface area contributed by atoms with Crippen LogP contribution in [0.15, 0.2) is 18.2 Å². The van der Waals surface area contributed by atoms with Crippen LogP contribution in [0.4, 0.5) is 4.39 Å². The van der Waals surface area contributed by atoms with Crippen LogP contribution in [0.5, 0.6) is 0 Å². The number of hydrogen-bond donors (Lipinski definition) is 1. The zero-order valence-corrected chi connectivity index (χ0v) is 11.3. The van der Waals surface area contributed by atoms with Gasteiger partial charge in [0.2, 0.25) is 0 Å². The fourth-order valence-corrected chi connectivity index (χ4v) is 2.21. The van der Waals surface area contributed by atoms with Crippen molar-refractivity contribution < 1.29 is 4.39 Å². The van der Waals surface area contributed by atoms with E-state index in [0.29, 0.717) is 29.6 Å². The van der Waals surface area contributed by atoms with E-state index in [9.17, 15) is 4.39 Å². The van der Waals surface area contributed by atoms with Crippen molar-refractivity contribution in [3.63, 3.8) is 0 Å². The van der Waals surface area contributed by atoms with Crippen LogP contribution in [0.25, 0.3) is 0 Å². The fourth-order valence-electron chi connectivity index (χ4n) is 2.21. The molecule has 0 aliphatic heterocycles. The molecule has 1 atom stereocenters. The van der Waals surface area contributed by atoms with E-state index in [-0.39, 0.29) is 5.82 Å². The lowest BCUT2D eigenvalue weighted by atomic mass is 9.95. The average molecular weight is 248 g/mol. The van der Waals surface area contributed by atoms with E-state index < -0.39 is 0 Å². The molecule has 98 valence electrons. The molecule has 0 saturated heterocycles. The minimum atomic E-state index is -0.252. The molecule has 3 heteroatoms. The fraction of sp³-hybridized carbons (Fsp3) is 0.533. The van der Waals surface area contributed by atoms with Gasteiger partial charge in [-0.1, -0.05) is 26.7 Å². The molecule has 0 aliphatic carbocycles. The molecule has 0 saturated carbocycles. The van der Waals surface area contributed by atoms with Crippen molar-refractivity contribution >= 4 is 0 Å². The van der Waals surface area contributed by atoms with Crippen molar-refractivity contribution in [1.82, 2.24) is 5.32 Å². The van der Waals surface area contributed by atoms with Crippen LogP contribution >= 0.6 is 0 Å². The Bertz CT molecular complexity index is 419. The average Bonchev–Trinajstić information content (AvgIpc) is 2.39. The van der Waals surface area contributed by atoms with Crippen LogP contribution in [0.3, 0.4) is 0 Å². The van der Waals surface area contributed by atoms with E-state index in [4.69, 9.17) is 5.26 Å². The van der Waals surface area contributed by atoms with Crippen LogP contribution in [0.1, 0.15) is 44.7 Å². The van der Waals surface area contributed by atoms with E-state index in [1.165, 1.54) is 12.1 Å². The van der Waals surface area contributed by atoms with Crippen molar-refractivity contribution in [2.45, 2.75) is 46.2 Å². The molecule has 18 heavy (non-hydrogen) atoms. The maximum Gasteiger partial charge on any atom is 0.127 e. The van der Waals surface area contributed by atoms with Gasteiger partial charge in [-0.25, -0.2) is 4.39 Å². The molecule has 1 rings (SSSR count). The minimum Gasteiger partial charge on any atom is -0.310 e. The Labute approximate surface area is 109 Å². The summed E-state index contributed by atoms with van der Waals surface area (Å²) in [5, 5.41) is 12.1. The summed E-state index contributed by atoms with van der Waals surface area (Å²) < 4.78 is 13.6. The summed E-state index contributed by atoms with van der Waals surface area (Å²) in [6, 6.07) is 6.86. The number of hydrogen-bond acceptors (Lipinski definition) is 2. The molecule has 1 unspecified atom stereocenters. The van der Waals surface area contributed by atoms with Crippen molar-refractivity contribution in [3.05, 3.63) is 35.1 Å². The molecule has 0 spiro atoms. The second-order valence-electron chi connectivity index (χ2n) is 4.66. The molecule has 0 aliphatic rings. The summed E-state index contributed by atoms with van der Waals surface area (Å²) in [5.74, 6) is 0.352. The molecule has 0 bridgehead atoms. The lowest BCUT2D eigenvalue weighted by Crippen LogP contribution is -2.32. The van der Waals surface area contributed by atoms with Crippen molar-refractivity contribution in [3.8, 4) is 6.07 Å². The lowest BCUT2D eigenvalue weighted by Gasteiger charge is -2.22. The summed E-state index contributed by atoms with van der Waals surface area (Å²) >= 11 is 0. The Morgan fingerprint density at radius 2 is 2.00 bits per heavy atom. The third-order valence-corrected chi connectivity index (χ3v) is 3.55. The molecule has 0 aromatic heterocycles. The van der Waals surface area contributed by atoms with Gasteiger partial charge in [0.1, 0.15) is 5.82 Å². The summed E-state index contributed by atoms with van der Waals surface area (Å²) in [5.41, 5.74) is 1.07. The SMILES string of the molecule is CCC(CC)C(C)NCc1cc(C#N)ccc1F. The highest BCUT2D eigenvalue weighted by molar-refractivity contribution is 5.33. The predicted octanol–water partition coefficient (Wildman–Crippen LogP) is 3.61. The number of nitrogens with zero attached hydrogens (tertiary/aromatic N) is 1. The van der Waals surface area contributed by atoms with E-state index in [1.807, 2.05) is 6.07 Å². The Kier molecular flexibility index (Phi) is 5.80. The number of benzene rings is 1. The third kappa shape index (κ3) is 3.82. The number of nitrogens with one attached hydrogen (secondary N) is 1. The first-order chi connectivity index (χ1) is 8.62. The number of rotatable bonds is 6. The quantitative estimate of drug-likeness (QED) is 0.834. The third-order valence-electron chi connectivity index (χ3n) is 3.55. The highest BCUT2D eigenvalue weighted by atomic mass is 19.1. The van der Waals surface area contributed by atoms with Gasteiger partial charge in [0.15, 0.2) is 0 Å². The first kappa shape index (κ1) is 14.7. The minimum absolute atomic E-state index is 0.252. The van der Waals surface area contributed by atoms with Gasteiger partial charge in [-0.3, -0.25) is 0 Å². The Morgan fingerprint density at radius 1 is 1.33 bits per heavy atom. The highest BCUT2D eigenvalue weighted by Crippen LogP contribution is 2.15. The molecule has 2 nitrogen and oxygen atoms in total. The maximum atomic E-state index is 13.6. The molecule has 0 radical (unpaired) electrons. The Morgan fingerprint density at radius 3 is 2.56 bits per heavy atom. The molecule has 1 aromatic carbocycles. The highest BCUT2D eigenvalue weighted by Gasteiger charge is 2.13. The molecule has 1 N–H and O–H groups in total. The smallest absolute Gasteiger partial charge is 0.127 e. The van der Waals surface area contributed by atoms with E-state index >= 15 is 0 Å². The lowest BCUT2D eigenvalue weighted by molar-refractivity contribution is 0.351. The van der Waals surface area contributed by atoms with Crippen LogP contribution in [0, 0.1) is 23.1 Å². The first-order valence-corrected chi connectivity index (χ1v) is 6.54. The Balaban J connectivity index is 2.66. The summed E-state index contributed by atoms with van der Waals surface area (Å²) in [6.45, 7) is 6.94. The van der Waals surface area contributed by atoms with Gasteiger partial charge < -0.3 is 5.32 Å². The zero-order chi connectivity index (χ0) is 13.5. The van der Waals surface area contributed by atoms with Gasteiger partial charge in [-0.15, -0.1) is 0 Å². The summed E-state index contributed by atoms with van der Waals surface area (Å²) in [7, 11) is 0. The monoisotopic (exact) mass is 248 g/mol. The van der Waals surface area contributed by atoms with Crippen LogP contribution in [-0.4, -0.2) is 6.04 Å².